The first-order valence-electron chi connectivity index (χ1n) is 7.65. The highest BCUT2D eigenvalue weighted by atomic mass is 16.2. The first-order valence-corrected chi connectivity index (χ1v) is 7.65. The van der Waals surface area contributed by atoms with Gasteiger partial charge < -0.3 is 4.90 Å². The summed E-state index contributed by atoms with van der Waals surface area (Å²) in [5.41, 5.74) is 1.42. The van der Waals surface area contributed by atoms with Gasteiger partial charge in [0.2, 0.25) is 5.91 Å². The van der Waals surface area contributed by atoms with Crippen LogP contribution in [0.5, 0.6) is 0 Å². The third kappa shape index (κ3) is 3.37. The van der Waals surface area contributed by atoms with E-state index < -0.39 is 0 Å². The topological polar surface area (TPSA) is 20.3 Å². The Kier molecular flexibility index (Phi) is 3.86. The van der Waals surface area contributed by atoms with Gasteiger partial charge in [0.1, 0.15) is 0 Å². The lowest BCUT2D eigenvalue weighted by Gasteiger charge is -2.33. The van der Waals surface area contributed by atoms with Crippen LogP contribution in [0.25, 0.3) is 0 Å². The summed E-state index contributed by atoms with van der Waals surface area (Å²) >= 11 is 0. The Bertz CT molecular complexity index is 424. The monoisotopic (exact) mass is 257 g/mol. The van der Waals surface area contributed by atoms with Crippen LogP contribution in [-0.4, -0.2) is 23.9 Å². The second-order valence-electron chi connectivity index (χ2n) is 6.09. The van der Waals surface area contributed by atoms with E-state index in [1.54, 1.807) is 0 Å². The summed E-state index contributed by atoms with van der Waals surface area (Å²) in [7, 11) is 0. The molecule has 0 unspecified atom stereocenters. The average Bonchev–Trinajstić information content (AvgIpc) is 3.30. The smallest absolute Gasteiger partial charge is 0.225 e. The zero-order chi connectivity index (χ0) is 13.1. The zero-order valence-corrected chi connectivity index (χ0v) is 11.6. The van der Waals surface area contributed by atoms with Crippen molar-refractivity contribution in [2.24, 2.45) is 11.8 Å². The molecule has 102 valence electrons. The molecule has 0 bridgehead atoms. The van der Waals surface area contributed by atoms with Gasteiger partial charge in [-0.25, -0.2) is 0 Å². The highest BCUT2D eigenvalue weighted by molar-refractivity contribution is 5.81. The first kappa shape index (κ1) is 12.7. The summed E-state index contributed by atoms with van der Waals surface area (Å²) in [4.78, 5) is 14.2. The van der Waals surface area contributed by atoms with Gasteiger partial charge >= 0.3 is 0 Å². The van der Waals surface area contributed by atoms with Crippen LogP contribution in [0.3, 0.4) is 0 Å². The van der Waals surface area contributed by atoms with Crippen LogP contribution in [0.15, 0.2) is 30.3 Å². The molecule has 1 heterocycles. The molecule has 19 heavy (non-hydrogen) atoms. The molecule has 2 nitrogen and oxygen atoms in total. The molecule has 2 fully saturated rings. The standard InChI is InChI=1S/C17H23NO/c19-17(16-10-11-16)18-12-4-7-15(13-18)9-8-14-5-2-1-3-6-14/h1-3,5-6,15-16H,4,7-13H2/t15-/m0/s1. The summed E-state index contributed by atoms with van der Waals surface area (Å²) in [6.07, 6.45) is 7.11. The summed E-state index contributed by atoms with van der Waals surface area (Å²) in [5, 5.41) is 0. The molecule has 0 aromatic heterocycles. The number of piperidine rings is 1. The SMILES string of the molecule is O=C(C1CC1)N1CCC[C@@H](CCc2ccccc2)C1. The van der Waals surface area contributed by atoms with E-state index >= 15 is 0 Å². The molecular weight excluding hydrogens is 234 g/mol. The van der Waals surface area contributed by atoms with Crippen LogP contribution in [0, 0.1) is 11.8 Å². The normalized spacial score (nSPS) is 23.4. The van der Waals surface area contributed by atoms with E-state index in [4.69, 9.17) is 0 Å². The third-order valence-electron chi connectivity index (χ3n) is 4.44. The van der Waals surface area contributed by atoms with E-state index in [0.29, 0.717) is 17.7 Å². The van der Waals surface area contributed by atoms with Crippen LogP contribution >= 0.6 is 0 Å². The van der Waals surface area contributed by atoms with Crippen molar-refractivity contribution < 1.29 is 4.79 Å². The van der Waals surface area contributed by atoms with Crippen molar-refractivity contribution in [1.29, 1.82) is 0 Å². The van der Waals surface area contributed by atoms with Gasteiger partial charge in [0, 0.05) is 19.0 Å². The largest absolute Gasteiger partial charge is 0.342 e. The van der Waals surface area contributed by atoms with Gasteiger partial charge in [-0.1, -0.05) is 30.3 Å². The molecule has 1 aliphatic heterocycles. The molecule has 1 amide bonds. The Morgan fingerprint density at radius 2 is 1.95 bits per heavy atom. The van der Waals surface area contributed by atoms with E-state index in [-0.39, 0.29) is 0 Å². The molecule has 0 radical (unpaired) electrons. The van der Waals surface area contributed by atoms with Crippen molar-refractivity contribution in [3.8, 4) is 0 Å². The van der Waals surface area contributed by atoms with Crippen LogP contribution in [0.1, 0.15) is 37.7 Å². The highest BCUT2D eigenvalue weighted by Gasteiger charge is 2.35. The number of carbonyl (C=O) groups is 1. The van der Waals surface area contributed by atoms with E-state index in [1.807, 2.05) is 0 Å². The van der Waals surface area contributed by atoms with Crippen molar-refractivity contribution in [3.05, 3.63) is 35.9 Å². The van der Waals surface area contributed by atoms with Gasteiger partial charge in [0.05, 0.1) is 0 Å². The van der Waals surface area contributed by atoms with Crippen molar-refractivity contribution in [3.63, 3.8) is 0 Å². The lowest BCUT2D eigenvalue weighted by Crippen LogP contribution is -2.40. The highest BCUT2D eigenvalue weighted by Crippen LogP contribution is 2.33. The second kappa shape index (κ2) is 5.77. The Morgan fingerprint density at radius 1 is 1.16 bits per heavy atom. The van der Waals surface area contributed by atoms with Gasteiger partial charge in [-0.15, -0.1) is 0 Å². The maximum atomic E-state index is 12.1. The van der Waals surface area contributed by atoms with E-state index in [0.717, 1.165) is 32.4 Å². The fourth-order valence-electron chi connectivity index (χ4n) is 3.10. The van der Waals surface area contributed by atoms with E-state index in [2.05, 4.69) is 35.2 Å². The van der Waals surface area contributed by atoms with Crippen LogP contribution in [-0.2, 0) is 11.2 Å². The average molecular weight is 257 g/mol. The molecule has 3 rings (SSSR count). The molecule has 1 saturated carbocycles. The van der Waals surface area contributed by atoms with E-state index in [9.17, 15) is 4.79 Å². The van der Waals surface area contributed by atoms with Crippen LogP contribution in [0.4, 0.5) is 0 Å². The Hall–Kier alpha value is -1.31. The van der Waals surface area contributed by atoms with Crippen LogP contribution in [0.2, 0.25) is 0 Å². The minimum absolute atomic E-state index is 0.382. The minimum atomic E-state index is 0.382. The van der Waals surface area contributed by atoms with E-state index in [1.165, 1.54) is 24.8 Å². The molecule has 1 saturated heterocycles. The van der Waals surface area contributed by atoms with Crippen molar-refractivity contribution in [1.82, 2.24) is 4.90 Å². The Balaban J connectivity index is 1.49. The summed E-state index contributed by atoms with van der Waals surface area (Å²) in [6, 6.07) is 10.7. The maximum absolute atomic E-state index is 12.1. The van der Waals surface area contributed by atoms with Crippen molar-refractivity contribution in [2.75, 3.05) is 13.1 Å². The molecule has 1 aromatic rings. The van der Waals surface area contributed by atoms with Gasteiger partial charge in [-0.05, 0) is 50.0 Å². The van der Waals surface area contributed by atoms with Crippen LogP contribution < -0.4 is 0 Å². The predicted octanol–water partition coefficient (Wildman–Crippen LogP) is 3.27. The molecule has 2 aliphatic rings. The minimum Gasteiger partial charge on any atom is -0.342 e. The molecule has 1 atom stereocenters. The number of nitrogens with zero attached hydrogens (tertiary/aromatic N) is 1. The maximum Gasteiger partial charge on any atom is 0.225 e. The van der Waals surface area contributed by atoms with Gasteiger partial charge in [-0.2, -0.15) is 0 Å². The first-order chi connectivity index (χ1) is 9.33. The van der Waals surface area contributed by atoms with Gasteiger partial charge in [0.15, 0.2) is 0 Å². The number of hydrogen-bond donors (Lipinski definition) is 0. The zero-order valence-electron chi connectivity index (χ0n) is 11.6. The number of amides is 1. The summed E-state index contributed by atoms with van der Waals surface area (Å²) in [6.45, 7) is 2.00. The van der Waals surface area contributed by atoms with Gasteiger partial charge in [0.25, 0.3) is 0 Å². The molecule has 0 N–H and O–H groups in total. The number of aryl methyl sites for hydroxylation is 1. The Labute approximate surface area is 115 Å². The number of likely N-dealkylation sites (tertiary alicyclic amines) is 1. The fraction of sp³-hybridized carbons (Fsp3) is 0.588. The molecule has 1 aliphatic carbocycles. The summed E-state index contributed by atoms with van der Waals surface area (Å²) in [5.74, 6) is 1.52. The quantitative estimate of drug-likeness (QED) is 0.810. The predicted molar refractivity (Wildman–Crippen MR) is 76.8 cm³/mol. The molecule has 0 spiro atoms. The van der Waals surface area contributed by atoms with Crippen molar-refractivity contribution >= 4 is 5.91 Å². The number of benzene rings is 1. The van der Waals surface area contributed by atoms with Crippen molar-refractivity contribution in [2.45, 2.75) is 38.5 Å². The molecular formula is C17H23NO. The lowest BCUT2D eigenvalue weighted by atomic mass is 9.91. The molecule has 2 heteroatoms. The number of carbonyl (C=O) groups excluding carboxylic acids is 1. The number of rotatable bonds is 4. The van der Waals surface area contributed by atoms with Gasteiger partial charge in [-0.3, -0.25) is 4.79 Å². The summed E-state index contributed by atoms with van der Waals surface area (Å²) < 4.78 is 0. The fourth-order valence-corrected chi connectivity index (χ4v) is 3.10. The number of hydrogen-bond acceptors (Lipinski definition) is 1. The lowest BCUT2D eigenvalue weighted by molar-refractivity contribution is -0.134. The molecule has 1 aromatic carbocycles. The Morgan fingerprint density at radius 3 is 2.68 bits per heavy atom. The second-order valence-corrected chi connectivity index (χ2v) is 6.09. The third-order valence-corrected chi connectivity index (χ3v) is 4.44.